The Kier molecular flexibility index (Phi) is 2.91. The van der Waals surface area contributed by atoms with Crippen molar-refractivity contribution in [1.29, 1.82) is 0 Å². The molecule has 0 unspecified atom stereocenters. The highest BCUT2D eigenvalue weighted by Gasteiger charge is 2.10. The summed E-state index contributed by atoms with van der Waals surface area (Å²) in [7, 11) is 0. The predicted octanol–water partition coefficient (Wildman–Crippen LogP) is 3.05. The van der Waals surface area contributed by atoms with Gasteiger partial charge in [0.15, 0.2) is 0 Å². The zero-order valence-corrected chi connectivity index (χ0v) is 9.26. The molecule has 0 saturated heterocycles. The van der Waals surface area contributed by atoms with Gasteiger partial charge < -0.3 is 4.57 Å². The van der Waals surface area contributed by atoms with Crippen LogP contribution in [0.4, 0.5) is 4.39 Å². The molecule has 0 aliphatic carbocycles. The lowest BCUT2D eigenvalue weighted by atomic mass is 10.2. The first-order valence-corrected chi connectivity index (χ1v) is 5.38. The Morgan fingerprint density at radius 3 is 2.93 bits per heavy atom. The van der Waals surface area contributed by atoms with E-state index in [1.807, 2.05) is 29.7 Å². The Bertz CT molecular complexity index is 479. The van der Waals surface area contributed by atoms with Gasteiger partial charge in [-0.15, -0.1) is 11.6 Å². The van der Waals surface area contributed by atoms with Gasteiger partial charge in [0, 0.05) is 0 Å². The van der Waals surface area contributed by atoms with E-state index >= 15 is 0 Å². The van der Waals surface area contributed by atoms with E-state index in [2.05, 4.69) is 4.98 Å². The summed E-state index contributed by atoms with van der Waals surface area (Å²) in [5.74, 6) is 1.05. The third-order valence-electron chi connectivity index (χ3n) is 2.49. The number of hydrogen-bond acceptors (Lipinski definition) is 1. The van der Waals surface area contributed by atoms with Gasteiger partial charge in [-0.3, -0.25) is 0 Å². The van der Waals surface area contributed by atoms with Crippen molar-refractivity contribution in [2.24, 2.45) is 0 Å². The number of imidazole rings is 1. The van der Waals surface area contributed by atoms with Gasteiger partial charge in [-0.05, 0) is 18.6 Å². The van der Waals surface area contributed by atoms with Crippen LogP contribution < -0.4 is 0 Å². The summed E-state index contributed by atoms with van der Waals surface area (Å²) < 4.78 is 14.3. The van der Waals surface area contributed by atoms with E-state index in [4.69, 9.17) is 11.6 Å². The monoisotopic (exact) mass is 226 g/mol. The third kappa shape index (κ3) is 1.72. The van der Waals surface area contributed by atoms with Gasteiger partial charge in [0.25, 0.3) is 0 Å². The first-order valence-electron chi connectivity index (χ1n) is 4.84. The van der Waals surface area contributed by atoms with Gasteiger partial charge in [-0.25, -0.2) is 9.37 Å². The molecule has 0 aliphatic heterocycles. The zero-order valence-electron chi connectivity index (χ0n) is 8.50. The Hall–Kier alpha value is -1.09. The molecule has 15 heavy (non-hydrogen) atoms. The molecule has 1 aromatic carbocycles. The molecule has 4 heteroatoms. The van der Waals surface area contributed by atoms with Crippen LogP contribution in [0, 0.1) is 6.92 Å². The molecule has 80 valence electrons. The van der Waals surface area contributed by atoms with E-state index in [-0.39, 0.29) is 0 Å². The van der Waals surface area contributed by atoms with E-state index in [1.165, 1.54) is 0 Å². The van der Waals surface area contributed by atoms with Crippen molar-refractivity contribution in [3.05, 3.63) is 29.6 Å². The lowest BCUT2D eigenvalue weighted by molar-refractivity contribution is 0.446. The highest BCUT2D eigenvalue weighted by atomic mass is 35.5. The lowest BCUT2D eigenvalue weighted by Gasteiger charge is -2.03. The molecular formula is C11H12ClFN2. The number of halogens is 2. The number of benzene rings is 1. The fourth-order valence-corrected chi connectivity index (χ4v) is 1.98. The summed E-state index contributed by atoms with van der Waals surface area (Å²) in [6, 6.07) is 5.89. The van der Waals surface area contributed by atoms with Crippen molar-refractivity contribution >= 4 is 22.6 Å². The molecule has 1 heterocycles. The standard InChI is InChI=1S/C11H12ClFN2/c1-8-3-2-4-9-11(8)14-10(7-12)15(9)6-5-13/h2-4H,5-7H2,1H3. The molecule has 0 atom stereocenters. The maximum Gasteiger partial charge on any atom is 0.124 e. The van der Waals surface area contributed by atoms with Crippen LogP contribution in [-0.4, -0.2) is 16.2 Å². The van der Waals surface area contributed by atoms with Gasteiger partial charge in [-0.1, -0.05) is 12.1 Å². The van der Waals surface area contributed by atoms with Crippen LogP contribution in [0.25, 0.3) is 11.0 Å². The maximum absolute atomic E-state index is 12.4. The molecule has 2 rings (SSSR count). The van der Waals surface area contributed by atoms with E-state index < -0.39 is 6.67 Å². The SMILES string of the molecule is Cc1cccc2c1nc(CCl)n2CCF. The Morgan fingerprint density at radius 1 is 1.47 bits per heavy atom. The minimum absolute atomic E-state index is 0.314. The second-order valence-corrected chi connectivity index (χ2v) is 3.71. The molecule has 0 N–H and O–H groups in total. The molecule has 0 fully saturated rings. The van der Waals surface area contributed by atoms with Crippen molar-refractivity contribution in [2.45, 2.75) is 19.3 Å². The molecule has 0 aliphatic rings. The van der Waals surface area contributed by atoms with E-state index in [0.29, 0.717) is 12.4 Å². The first-order chi connectivity index (χ1) is 7.27. The number of aromatic nitrogens is 2. The molecule has 2 nitrogen and oxygen atoms in total. The maximum atomic E-state index is 12.4. The van der Waals surface area contributed by atoms with Crippen molar-refractivity contribution < 1.29 is 4.39 Å². The average Bonchev–Trinajstić information content (AvgIpc) is 2.59. The fraction of sp³-hybridized carbons (Fsp3) is 0.364. The van der Waals surface area contributed by atoms with Gasteiger partial charge in [0.2, 0.25) is 0 Å². The largest absolute Gasteiger partial charge is 0.324 e. The first kappa shape index (κ1) is 10.4. The normalized spacial score (nSPS) is 11.1. The van der Waals surface area contributed by atoms with E-state index in [1.54, 1.807) is 0 Å². The zero-order chi connectivity index (χ0) is 10.8. The van der Waals surface area contributed by atoms with Crippen molar-refractivity contribution in [2.75, 3.05) is 6.67 Å². The number of aryl methyl sites for hydroxylation is 2. The minimum atomic E-state index is -0.400. The number of rotatable bonds is 3. The summed E-state index contributed by atoms with van der Waals surface area (Å²) in [4.78, 5) is 4.41. The Morgan fingerprint density at radius 2 is 2.27 bits per heavy atom. The van der Waals surface area contributed by atoms with Gasteiger partial charge in [0.05, 0.1) is 23.5 Å². The number of hydrogen-bond donors (Lipinski definition) is 0. The van der Waals surface area contributed by atoms with Gasteiger partial charge in [0.1, 0.15) is 12.5 Å². The number of alkyl halides is 2. The summed E-state index contributed by atoms with van der Waals surface area (Å²) in [5, 5.41) is 0. The predicted molar refractivity (Wildman–Crippen MR) is 60.0 cm³/mol. The van der Waals surface area contributed by atoms with Crippen LogP contribution in [0.5, 0.6) is 0 Å². The highest BCUT2D eigenvalue weighted by molar-refractivity contribution is 6.16. The number of nitrogens with zero attached hydrogens (tertiary/aromatic N) is 2. The van der Waals surface area contributed by atoms with Crippen molar-refractivity contribution in [3.63, 3.8) is 0 Å². The topological polar surface area (TPSA) is 17.8 Å². The fourth-order valence-electron chi connectivity index (χ4n) is 1.77. The second kappa shape index (κ2) is 4.19. The smallest absolute Gasteiger partial charge is 0.124 e. The van der Waals surface area contributed by atoms with Crippen LogP contribution in [0.1, 0.15) is 11.4 Å². The molecule has 1 aromatic heterocycles. The summed E-state index contributed by atoms with van der Waals surface area (Å²) >= 11 is 5.79. The number of fused-ring (bicyclic) bond motifs is 1. The van der Waals surface area contributed by atoms with Crippen LogP contribution in [0.2, 0.25) is 0 Å². The molecule has 0 bridgehead atoms. The van der Waals surface area contributed by atoms with Gasteiger partial charge >= 0.3 is 0 Å². The minimum Gasteiger partial charge on any atom is -0.324 e. The van der Waals surface area contributed by atoms with E-state index in [0.717, 1.165) is 22.4 Å². The molecular weight excluding hydrogens is 215 g/mol. The Labute approximate surface area is 92.7 Å². The molecule has 0 spiro atoms. The highest BCUT2D eigenvalue weighted by Crippen LogP contribution is 2.20. The molecule has 2 aromatic rings. The lowest BCUT2D eigenvalue weighted by Crippen LogP contribution is -2.03. The molecule has 0 radical (unpaired) electrons. The summed E-state index contributed by atoms with van der Waals surface area (Å²) in [6.07, 6.45) is 0. The third-order valence-corrected chi connectivity index (χ3v) is 2.73. The average molecular weight is 227 g/mol. The van der Waals surface area contributed by atoms with Crippen LogP contribution in [-0.2, 0) is 12.4 Å². The van der Waals surface area contributed by atoms with Crippen LogP contribution in [0.3, 0.4) is 0 Å². The quantitative estimate of drug-likeness (QED) is 0.736. The van der Waals surface area contributed by atoms with Crippen LogP contribution in [0.15, 0.2) is 18.2 Å². The summed E-state index contributed by atoms with van der Waals surface area (Å²) in [5.41, 5.74) is 2.97. The van der Waals surface area contributed by atoms with Crippen molar-refractivity contribution in [1.82, 2.24) is 9.55 Å². The summed E-state index contributed by atoms with van der Waals surface area (Å²) in [6.45, 7) is 1.92. The second-order valence-electron chi connectivity index (χ2n) is 3.44. The van der Waals surface area contributed by atoms with Crippen molar-refractivity contribution in [3.8, 4) is 0 Å². The van der Waals surface area contributed by atoms with Gasteiger partial charge in [-0.2, -0.15) is 0 Å². The van der Waals surface area contributed by atoms with E-state index in [9.17, 15) is 4.39 Å². The molecule has 0 amide bonds. The molecule has 0 saturated carbocycles. The number of para-hydroxylation sites is 1. The Balaban J connectivity index is 2.68. The van der Waals surface area contributed by atoms with Crippen LogP contribution >= 0.6 is 11.6 Å².